The van der Waals surface area contributed by atoms with E-state index in [1.807, 2.05) is 0 Å². The summed E-state index contributed by atoms with van der Waals surface area (Å²) in [6.07, 6.45) is 19.1. The van der Waals surface area contributed by atoms with Crippen LogP contribution < -0.4 is 10.6 Å². The van der Waals surface area contributed by atoms with Crippen LogP contribution >= 0.6 is 0 Å². The standard InChI is InChI=1S/C34H70N4/c1-27(2)37(28(3)4)33(19-13-11-14-20-33)25-31(9)35-23-17-18-24-36-32(10)26-34(21-15-12-16-22-34)38(29(5)6)30(7)8/h27-32,35-36H,11-26H2,1-10H3. The Kier molecular flexibility index (Phi) is 14.6. The van der Waals surface area contributed by atoms with Crippen LogP contribution in [-0.2, 0) is 0 Å². The van der Waals surface area contributed by atoms with Gasteiger partial charge in [0.05, 0.1) is 0 Å². The quantitative estimate of drug-likeness (QED) is 0.184. The largest absolute Gasteiger partial charge is 0.314 e. The Bertz CT molecular complexity index is 546. The van der Waals surface area contributed by atoms with Crippen LogP contribution in [0.15, 0.2) is 0 Å². The third-order valence-electron chi connectivity index (χ3n) is 9.85. The molecule has 0 aliphatic heterocycles. The van der Waals surface area contributed by atoms with E-state index in [2.05, 4.69) is 89.7 Å². The molecule has 2 fully saturated rings. The lowest BCUT2D eigenvalue weighted by molar-refractivity contribution is -0.0145. The van der Waals surface area contributed by atoms with E-state index in [4.69, 9.17) is 0 Å². The molecule has 0 bridgehead atoms. The Labute approximate surface area is 239 Å². The average Bonchev–Trinajstić information content (AvgIpc) is 2.81. The van der Waals surface area contributed by atoms with Gasteiger partial charge in [-0.25, -0.2) is 0 Å². The van der Waals surface area contributed by atoms with Gasteiger partial charge in [0.25, 0.3) is 0 Å². The Hall–Kier alpha value is -0.160. The van der Waals surface area contributed by atoms with Crippen molar-refractivity contribution < 1.29 is 0 Å². The number of rotatable bonds is 17. The topological polar surface area (TPSA) is 30.5 Å². The summed E-state index contributed by atoms with van der Waals surface area (Å²) in [7, 11) is 0. The van der Waals surface area contributed by atoms with Crippen molar-refractivity contribution in [2.24, 2.45) is 0 Å². The molecule has 0 aromatic rings. The van der Waals surface area contributed by atoms with Gasteiger partial charge in [0, 0.05) is 47.3 Å². The zero-order chi connectivity index (χ0) is 28.3. The van der Waals surface area contributed by atoms with Gasteiger partial charge < -0.3 is 10.6 Å². The first-order valence-electron chi connectivity index (χ1n) is 17.0. The lowest BCUT2D eigenvalue weighted by Crippen LogP contribution is -2.58. The normalized spacial score (nSPS) is 21.8. The Balaban J connectivity index is 1.78. The highest BCUT2D eigenvalue weighted by molar-refractivity contribution is 4.99. The predicted molar refractivity (Wildman–Crippen MR) is 169 cm³/mol. The fourth-order valence-corrected chi connectivity index (χ4v) is 9.17. The molecular weight excluding hydrogens is 464 g/mol. The van der Waals surface area contributed by atoms with Crippen molar-refractivity contribution in [1.82, 2.24) is 20.4 Å². The average molecular weight is 535 g/mol. The smallest absolute Gasteiger partial charge is 0.0229 e. The van der Waals surface area contributed by atoms with Crippen LogP contribution in [0, 0.1) is 0 Å². The van der Waals surface area contributed by atoms with Gasteiger partial charge in [-0.3, -0.25) is 9.80 Å². The van der Waals surface area contributed by atoms with Gasteiger partial charge in [-0.1, -0.05) is 38.5 Å². The molecule has 0 saturated heterocycles. The summed E-state index contributed by atoms with van der Waals surface area (Å²) in [6, 6.07) is 3.65. The summed E-state index contributed by atoms with van der Waals surface area (Å²) in [6.45, 7) is 26.4. The Morgan fingerprint density at radius 1 is 0.474 bits per heavy atom. The van der Waals surface area contributed by atoms with Crippen molar-refractivity contribution in [3.05, 3.63) is 0 Å². The summed E-state index contributed by atoms with van der Waals surface area (Å²) in [5, 5.41) is 7.85. The molecule has 38 heavy (non-hydrogen) atoms. The van der Waals surface area contributed by atoms with E-state index in [1.54, 1.807) is 0 Å². The first-order valence-corrected chi connectivity index (χ1v) is 17.0. The number of hydrogen-bond donors (Lipinski definition) is 2. The monoisotopic (exact) mass is 535 g/mol. The van der Waals surface area contributed by atoms with Crippen molar-refractivity contribution in [3.8, 4) is 0 Å². The van der Waals surface area contributed by atoms with Crippen molar-refractivity contribution in [1.29, 1.82) is 0 Å². The molecule has 0 aromatic heterocycles. The summed E-state index contributed by atoms with van der Waals surface area (Å²) in [4.78, 5) is 5.71. The van der Waals surface area contributed by atoms with Crippen LogP contribution in [0.3, 0.4) is 0 Å². The van der Waals surface area contributed by atoms with Crippen molar-refractivity contribution >= 4 is 0 Å². The van der Waals surface area contributed by atoms with E-state index in [0.717, 1.165) is 13.1 Å². The maximum Gasteiger partial charge on any atom is 0.0229 e. The second kappa shape index (κ2) is 16.3. The first kappa shape index (κ1) is 34.0. The van der Waals surface area contributed by atoms with E-state index in [-0.39, 0.29) is 0 Å². The van der Waals surface area contributed by atoms with Gasteiger partial charge in [0.2, 0.25) is 0 Å². The van der Waals surface area contributed by atoms with Crippen molar-refractivity contribution in [2.75, 3.05) is 13.1 Å². The number of nitrogens with zero attached hydrogens (tertiary/aromatic N) is 2. The minimum atomic E-state index is 0.388. The maximum atomic E-state index is 3.93. The molecule has 2 N–H and O–H groups in total. The molecule has 2 rings (SSSR count). The zero-order valence-corrected chi connectivity index (χ0v) is 27.7. The molecule has 2 aliphatic carbocycles. The molecule has 2 saturated carbocycles. The van der Waals surface area contributed by atoms with Crippen LogP contribution in [0.1, 0.15) is 159 Å². The molecule has 0 amide bonds. The van der Waals surface area contributed by atoms with Crippen LogP contribution in [0.25, 0.3) is 0 Å². The van der Waals surface area contributed by atoms with Gasteiger partial charge in [0.15, 0.2) is 0 Å². The highest BCUT2D eigenvalue weighted by Gasteiger charge is 2.42. The fourth-order valence-electron chi connectivity index (χ4n) is 9.17. The summed E-state index contributed by atoms with van der Waals surface area (Å²) < 4.78 is 0. The van der Waals surface area contributed by atoms with E-state index in [1.165, 1.54) is 89.9 Å². The van der Waals surface area contributed by atoms with Gasteiger partial charge in [-0.15, -0.1) is 0 Å². The van der Waals surface area contributed by atoms with Gasteiger partial charge in [-0.05, 0) is 134 Å². The SMILES string of the molecule is CC(CC1(N(C(C)C)C(C)C)CCCCC1)NCCCCNC(C)CC1(N(C(C)C)C(C)C)CCCCC1. The van der Waals surface area contributed by atoms with Crippen molar-refractivity contribution in [2.45, 2.75) is 206 Å². The number of nitrogens with one attached hydrogen (secondary N) is 2. The highest BCUT2D eigenvalue weighted by Crippen LogP contribution is 2.41. The van der Waals surface area contributed by atoms with Crippen LogP contribution in [0.2, 0.25) is 0 Å². The second-order valence-corrected chi connectivity index (χ2v) is 14.6. The van der Waals surface area contributed by atoms with E-state index < -0.39 is 0 Å². The summed E-state index contributed by atoms with van der Waals surface area (Å²) >= 11 is 0. The predicted octanol–water partition coefficient (Wildman–Crippen LogP) is 8.15. The molecule has 2 atom stereocenters. The molecule has 0 heterocycles. The highest BCUT2D eigenvalue weighted by atomic mass is 15.3. The van der Waals surface area contributed by atoms with E-state index in [9.17, 15) is 0 Å². The van der Waals surface area contributed by atoms with Gasteiger partial charge in [0.1, 0.15) is 0 Å². The summed E-state index contributed by atoms with van der Waals surface area (Å²) in [5.74, 6) is 0. The lowest BCUT2D eigenvalue weighted by atomic mass is 9.75. The Morgan fingerprint density at radius 2 is 0.763 bits per heavy atom. The molecule has 4 nitrogen and oxygen atoms in total. The second-order valence-electron chi connectivity index (χ2n) is 14.6. The molecule has 0 radical (unpaired) electrons. The molecule has 2 aliphatic rings. The maximum absolute atomic E-state index is 3.93. The molecule has 226 valence electrons. The van der Waals surface area contributed by atoms with Crippen LogP contribution in [0.5, 0.6) is 0 Å². The summed E-state index contributed by atoms with van der Waals surface area (Å²) in [5.41, 5.74) is 0.776. The van der Waals surface area contributed by atoms with E-state index in [0.29, 0.717) is 47.3 Å². The third kappa shape index (κ3) is 9.74. The van der Waals surface area contributed by atoms with Crippen LogP contribution in [0.4, 0.5) is 0 Å². The van der Waals surface area contributed by atoms with E-state index >= 15 is 0 Å². The van der Waals surface area contributed by atoms with Gasteiger partial charge >= 0.3 is 0 Å². The minimum Gasteiger partial charge on any atom is -0.314 e. The molecule has 0 spiro atoms. The van der Waals surface area contributed by atoms with Crippen LogP contribution in [-0.4, -0.2) is 70.2 Å². The first-order chi connectivity index (χ1) is 17.9. The van der Waals surface area contributed by atoms with Gasteiger partial charge in [-0.2, -0.15) is 0 Å². The fraction of sp³-hybridized carbons (Fsp3) is 1.00. The minimum absolute atomic E-state index is 0.388. The van der Waals surface area contributed by atoms with Crippen molar-refractivity contribution in [3.63, 3.8) is 0 Å². The molecule has 0 aromatic carbocycles. The molecule has 2 unspecified atom stereocenters. The molecule has 4 heteroatoms. The third-order valence-corrected chi connectivity index (χ3v) is 9.85. The zero-order valence-electron chi connectivity index (χ0n) is 27.7. The Morgan fingerprint density at radius 3 is 1.03 bits per heavy atom. The number of hydrogen-bond acceptors (Lipinski definition) is 4. The number of unbranched alkanes of at least 4 members (excludes halogenated alkanes) is 1. The lowest BCUT2D eigenvalue weighted by Gasteiger charge is -2.52. The molecular formula is C34H70N4.